The zero-order chi connectivity index (χ0) is 12.4. The molecule has 0 heterocycles. The molecule has 17 heavy (non-hydrogen) atoms. The quantitative estimate of drug-likeness (QED) is 0.842. The van der Waals surface area contributed by atoms with Crippen LogP contribution in [0.5, 0.6) is 5.75 Å². The summed E-state index contributed by atoms with van der Waals surface area (Å²) in [6.07, 6.45) is 2.73. The number of aryl methyl sites for hydroxylation is 2. The Labute approximate surface area is 104 Å². The third kappa shape index (κ3) is 2.63. The van der Waals surface area contributed by atoms with Crippen LogP contribution >= 0.6 is 0 Å². The van der Waals surface area contributed by atoms with Gasteiger partial charge in [-0.3, -0.25) is 0 Å². The molecule has 1 unspecified atom stereocenters. The molecule has 1 atom stereocenters. The van der Waals surface area contributed by atoms with E-state index < -0.39 is 0 Å². The van der Waals surface area contributed by atoms with Crippen LogP contribution in [0.15, 0.2) is 12.1 Å². The van der Waals surface area contributed by atoms with Crippen LogP contribution in [0.2, 0.25) is 0 Å². The largest absolute Gasteiger partial charge is 0.496 e. The molecule has 0 saturated heterocycles. The number of hydrogen-bond acceptors (Lipinski definition) is 2. The van der Waals surface area contributed by atoms with Gasteiger partial charge in [-0.1, -0.05) is 13.0 Å². The Morgan fingerprint density at radius 3 is 2.53 bits per heavy atom. The van der Waals surface area contributed by atoms with Gasteiger partial charge >= 0.3 is 0 Å². The maximum absolute atomic E-state index is 5.38. The van der Waals surface area contributed by atoms with E-state index in [-0.39, 0.29) is 0 Å². The Morgan fingerprint density at radius 2 is 2.00 bits per heavy atom. The summed E-state index contributed by atoms with van der Waals surface area (Å²) in [7, 11) is 1.74. The zero-order valence-electron chi connectivity index (χ0n) is 11.3. The average Bonchev–Trinajstić information content (AvgIpc) is 3.13. The first kappa shape index (κ1) is 12.4. The SMILES string of the molecule is CCNC(c1cc(C)c(OC)cc1C)C1CC1. The van der Waals surface area contributed by atoms with Crippen LogP contribution in [-0.4, -0.2) is 13.7 Å². The number of ether oxygens (including phenoxy) is 1. The van der Waals surface area contributed by atoms with E-state index in [1.54, 1.807) is 7.11 Å². The van der Waals surface area contributed by atoms with Crippen LogP contribution in [0.1, 0.15) is 42.5 Å². The molecule has 94 valence electrons. The molecule has 2 heteroatoms. The van der Waals surface area contributed by atoms with Gasteiger partial charge in [-0.25, -0.2) is 0 Å². The average molecular weight is 233 g/mol. The van der Waals surface area contributed by atoms with Gasteiger partial charge in [0.05, 0.1) is 7.11 Å². The van der Waals surface area contributed by atoms with Crippen molar-refractivity contribution < 1.29 is 4.74 Å². The summed E-state index contributed by atoms with van der Waals surface area (Å²) in [5.74, 6) is 1.83. The molecule has 1 aliphatic carbocycles. The molecule has 1 aromatic carbocycles. The van der Waals surface area contributed by atoms with E-state index in [1.165, 1.54) is 29.5 Å². The smallest absolute Gasteiger partial charge is 0.122 e. The van der Waals surface area contributed by atoms with Gasteiger partial charge in [0.25, 0.3) is 0 Å². The lowest BCUT2D eigenvalue weighted by Gasteiger charge is -2.21. The maximum Gasteiger partial charge on any atom is 0.122 e. The minimum Gasteiger partial charge on any atom is -0.496 e. The Balaban J connectivity index is 2.32. The first-order chi connectivity index (χ1) is 8.17. The van der Waals surface area contributed by atoms with Crippen molar-refractivity contribution in [2.75, 3.05) is 13.7 Å². The highest BCUT2D eigenvalue weighted by Crippen LogP contribution is 2.42. The van der Waals surface area contributed by atoms with E-state index in [4.69, 9.17) is 4.74 Å². The van der Waals surface area contributed by atoms with Gasteiger partial charge in [0.15, 0.2) is 0 Å². The van der Waals surface area contributed by atoms with E-state index in [0.717, 1.165) is 18.2 Å². The van der Waals surface area contributed by atoms with E-state index in [9.17, 15) is 0 Å². The summed E-state index contributed by atoms with van der Waals surface area (Å²) < 4.78 is 5.38. The van der Waals surface area contributed by atoms with Crippen molar-refractivity contribution in [1.82, 2.24) is 5.32 Å². The number of rotatable bonds is 5. The van der Waals surface area contributed by atoms with Gasteiger partial charge in [-0.2, -0.15) is 0 Å². The molecule has 2 rings (SSSR count). The van der Waals surface area contributed by atoms with E-state index in [2.05, 4.69) is 38.2 Å². The van der Waals surface area contributed by atoms with Crippen LogP contribution < -0.4 is 10.1 Å². The molecular weight excluding hydrogens is 210 g/mol. The first-order valence-corrected chi connectivity index (χ1v) is 6.55. The minimum atomic E-state index is 0.532. The fourth-order valence-electron chi connectivity index (χ4n) is 2.55. The third-order valence-electron chi connectivity index (χ3n) is 3.64. The molecule has 1 aromatic rings. The van der Waals surface area contributed by atoms with Gasteiger partial charge in [0, 0.05) is 6.04 Å². The van der Waals surface area contributed by atoms with Crippen LogP contribution in [0.25, 0.3) is 0 Å². The van der Waals surface area contributed by atoms with Crippen molar-refractivity contribution >= 4 is 0 Å². The molecule has 0 aromatic heterocycles. The monoisotopic (exact) mass is 233 g/mol. The standard InChI is InChI=1S/C15H23NO/c1-5-16-15(12-6-7-12)13-8-11(3)14(17-4)9-10(13)2/h8-9,12,15-16H,5-7H2,1-4H3. The summed E-state index contributed by atoms with van der Waals surface area (Å²) in [6.45, 7) is 7.52. The van der Waals surface area contributed by atoms with Crippen LogP contribution in [0.4, 0.5) is 0 Å². The summed E-state index contributed by atoms with van der Waals surface area (Å²) in [6, 6.07) is 4.99. The number of methoxy groups -OCH3 is 1. The molecular formula is C15H23NO. The highest BCUT2D eigenvalue weighted by molar-refractivity contribution is 5.43. The van der Waals surface area contributed by atoms with E-state index >= 15 is 0 Å². The molecule has 2 nitrogen and oxygen atoms in total. The second kappa shape index (κ2) is 5.09. The van der Waals surface area contributed by atoms with Crippen molar-refractivity contribution in [1.29, 1.82) is 0 Å². The summed E-state index contributed by atoms with van der Waals surface area (Å²) in [5, 5.41) is 3.63. The van der Waals surface area contributed by atoms with Gasteiger partial charge in [-0.05, 0) is 61.9 Å². The molecule has 0 aliphatic heterocycles. The van der Waals surface area contributed by atoms with Gasteiger partial charge < -0.3 is 10.1 Å². The second-order valence-electron chi connectivity index (χ2n) is 5.05. The first-order valence-electron chi connectivity index (χ1n) is 6.55. The van der Waals surface area contributed by atoms with Crippen molar-refractivity contribution in [2.45, 2.75) is 39.7 Å². The molecule has 0 spiro atoms. The lowest BCUT2D eigenvalue weighted by atomic mass is 9.95. The van der Waals surface area contributed by atoms with Crippen molar-refractivity contribution in [3.8, 4) is 5.75 Å². The summed E-state index contributed by atoms with van der Waals surface area (Å²) in [4.78, 5) is 0. The molecule has 0 bridgehead atoms. The van der Waals surface area contributed by atoms with Gasteiger partial charge in [0.2, 0.25) is 0 Å². The highest BCUT2D eigenvalue weighted by atomic mass is 16.5. The number of hydrogen-bond donors (Lipinski definition) is 1. The predicted octanol–water partition coefficient (Wildman–Crippen LogP) is 3.37. The van der Waals surface area contributed by atoms with Crippen molar-refractivity contribution in [2.24, 2.45) is 5.92 Å². The fraction of sp³-hybridized carbons (Fsp3) is 0.600. The molecule has 1 aliphatic rings. The third-order valence-corrected chi connectivity index (χ3v) is 3.64. The maximum atomic E-state index is 5.38. The van der Waals surface area contributed by atoms with Crippen LogP contribution in [-0.2, 0) is 0 Å². The minimum absolute atomic E-state index is 0.532. The lowest BCUT2D eigenvalue weighted by Crippen LogP contribution is -2.23. The zero-order valence-corrected chi connectivity index (χ0v) is 11.3. The summed E-state index contributed by atoms with van der Waals surface area (Å²) >= 11 is 0. The number of nitrogens with one attached hydrogen (secondary N) is 1. The molecule has 1 N–H and O–H groups in total. The Hall–Kier alpha value is -1.02. The van der Waals surface area contributed by atoms with Crippen molar-refractivity contribution in [3.05, 3.63) is 28.8 Å². The lowest BCUT2D eigenvalue weighted by molar-refractivity contribution is 0.410. The normalized spacial score (nSPS) is 16.9. The van der Waals surface area contributed by atoms with E-state index in [1.807, 2.05) is 0 Å². The molecule has 1 saturated carbocycles. The Kier molecular flexibility index (Phi) is 3.72. The predicted molar refractivity (Wildman–Crippen MR) is 71.6 cm³/mol. The van der Waals surface area contributed by atoms with Crippen molar-refractivity contribution in [3.63, 3.8) is 0 Å². The van der Waals surface area contributed by atoms with Gasteiger partial charge in [-0.15, -0.1) is 0 Å². The van der Waals surface area contributed by atoms with Crippen LogP contribution in [0, 0.1) is 19.8 Å². The van der Waals surface area contributed by atoms with Crippen LogP contribution in [0.3, 0.4) is 0 Å². The van der Waals surface area contributed by atoms with E-state index in [0.29, 0.717) is 6.04 Å². The molecule has 0 radical (unpaired) electrons. The topological polar surface area (TPSA) is 21.3 Å². The highest BCUT2D eigenvalue weighted by Gasteiger charge is 2.32. The van der Waals surface area contributed by atoms with Gasteiger partial charge in [0.1, 0.15) is 5.75 Å². The second-order valence-corrected chi connectivity index (χ2v) is 5.05. The molecule has 0 amide bonds. The number of benzene rings is 1. The fourth-order valence-corrected chi connectivity index (χ4v) is 2.55. The Morgan fingerprint density at radius 1 is 1.29 bits per heavy atom. The molecule has 1 fully saturated rings. The Bertz CT molecular complexity index is 396. The summed E-state index contributed by atoms with van der Waals surface area (Å²) in [5.41, 5.74) is 4.02.